The molecule has 2 saturated heterocycles. The van der Waals surface area contributed by atoms with Gasteiger partial charge in [-0.05, 0) is 48.2 Å². The lowest BCUT2D eigenvalue weighted by Gasteiger charge is -2.33. The molecule has 154 valence electrons. The monoisotopic (exact) mass is 416 g/mol. The molecule has 2 fully saturated rings. The maximum atomic E-state index is 13.2. The summed E-state index contributed by atoms with van der Waals surface area (Å²) in [5.41, 5.74) is 8.38. The first-order chi connectivity index (χ1) is 14.1. The van der Waals surface area contributed by atoms with Gasteiger partial charge in [-0.1, -0.05) is 35.9 Å². The van der Waals surface area contributed by atoms with Crippen LogP contribution in [-0.4, -0.2) is 36.5 Å². The molecule has 0 bridgehead atoms. The average Bonchev–Trinajstić information content (AvgIpc) is 3.22. The summed E-state index contributed by atoms with van der Waals surface area (Å²) in [4.78, 5) is 15.3. The van der Waals surface area contributed by atoms with Crippen LogP contribution in [0, 0.1) is 11.7 Å². The lowest BCUT2D eigenvalue weighted by atomic mass is 9.93. The minimum atomic E-state index is -0.272. The molecule has 2 atom stereocenters. The van der Waals surface area contributed by atoms with Crippen LogP contribution in [0.4, 0.5) is 4.39 Å². The summed E-state index contributed by atoms with van der Waals surface area (Å²) in [5.74, 6) is -0.438. The molecule has 0 aromatic heterocycles. The van der Waals surface area contributed by atoms with E-state index in [0.717, 1.165) is 43.1 Å². The number of likely N-dealkylation sites (tertiary alicyclic amines) is 1. The normalized spacial score (nSPS) is 23.2. The molecule has 7 heteroatoms. The van der Waals surface area contributed by atoms with Gasteiger partial charge < -0.3 is 5.32 Å². The zero-order chi connectivity index (χ0) is 20.2. The van der Waals surface area contributed by atoms with E-state index in [0.29, 0.717) is 6.54 Å². The van der Waals surface area contributed by atoms with Crippen LogP contribution < -0.4 is 16.2 Å². The highest BCUT2D eigenvalue weighted by molar-refractivity contribution is 6.30. The van der Waals surface area contributed by atoms with E-state index in [2.05, 4.69) is 33.2 Å². The Bertz CT molecular complexity index is 822. The van der Waals surface area contributed by atoms with Crippen molar-refractivity contribution in [2.45, 2.75) is 31.5 Å². The number of nitrogens with zero attached hydrogens (tertiary/aromatic N) is 1. The van der Waals surface area contributed by atoms with Crippen molar-refractivity contribution >= 4 is 17.5 Å². The maximum Gasteiger partial charge on any atom is 0.226 e. The van der Waals surface area contributed by atoms with Crippen LogP contribution in [0.15, 0.2) is 48.5 Å². The fourth-order valence-electron chi connectivity index (χ4n) is 4.12. The van der Waals surface area contributed by atoms with Crippen LogP contribution in [0.5, 0.6) is 0 Å². The molecule has 2 aromatic carbocycles. The van der Waals surface area contributed by atoms with Crippen molar-refractivity contribution in [2.24, 2.45) is 5.92 Å². The van der Waals surface area contributed by atoms with Crippen molar-refractivity contribution in [1.82, 2.24) is 21.1 Å². The third kappa shape index (κ3) is 5.14. The van der Waals surface area contributed by atoms with Gasteiger partial charge in [-0.3, -0.25) is 15.1 Å². The number of nitrogens with one attached hydrogen (secondary N) is 3. The molecule has 0 saturated carbocycles. The Kier molecular flexibility index (Phi) is 6.45. The van der Waals surface area contributed by atoms with Gasteiger partial charge in [0.25, 0.3) is 0 Å². The van der Waals surface area contributed by atoms with Gasteiger partial charge >= 0.3 is 0 Å². The van der Waals surface area contributed by atoms with E-state index in [-0.39, 0.29) is 29.7 Å². The first-order valence-electron chi connectivity index (χ1n) is 10.1. The van der Waals surface area contributed by atoms with Gasteiger partial charge in [0, 0.05) is 37.2 Å². The molecule has 5 nitrogen and oxygen atoms in total. The number of hydrogen-bond acceptors (Lipinski definition) is 4. The van der Waals surface area contributed by atoms with Crippen LogP contribution >= 0.6 is 11.6 Å². The summed E-state index contributed by atoms with van der Waals surface area (Å²) in [6.45, 7) is 3.37. The highest BCUT2D eigenvalue weighted by Gasteiger charge is 2.35. The quantitative estimate of drug-likeness (QED) is 0.701. The number of rotatable bonds is 5. The highest BCUT2D eigenvalue weighted by Crippen LogP contribution is 2.26. The van der Waals surface area contributed by atoms with Crippen LogP contribution in [-0.2, 0) is 11.3 Å². The lowest BCUT2D eigenvalue weighted by molar-refractivity contribution is -0.126. The van der Waals surface area contributed by atoms with Crippen LogP contribution in [0.3, 0.4) is 0 Å². The number of hydrazine groups is 1. The molecule has 2 aliphatic heterocycles. The Labute approximate surface area is 175 Å². The third-order valence-corrected chi connectivity index (χ3v) is 6.05. The second-order valence-corrected chi connectivity index (χ2v) is 8.28. The molecule has 2 aliphatic rings. The maximum absolute atomic E-state index is 13.2. The minimum absolute atomic E-state index is 0.0491. The summed E-state index contributed by atoms with van der Waals surface area (Å²) in [6.07, 6.45) is 1.88. The van der Waals surface area contributed by atoms with Gasteiger partial charge in [-0.15, -0.1) is 0 Å². The van der Waals surface area contributed by atoms with Crippen LogP contribution in [0.2, 0.25) is 5.02 Å². The van der Waals surface area contributed by atoms with Crippen molar-refractivity contribution in [2.75, 3.05) is 19.6 Å². The zero-order valence-electron chi connectivity index (χ0n) is 16.2. The summed E-state index contributed by atoms with van der Waals surface area (Å²) in [6, 6.07) is 14.3. The van der Waals surface area contributed by atoms with E-state index in [4.69, 9.17) is 11.6 Å². The Morgan fingerprint density at radius 3 is 2.48 bits per heavy atom. The van der Waals surface area contributed by atoms with E-state index in [1.54, 1.807) is 12.1 Å². The summed E-state index contributed by atoms with van der Waals surface area (Å²) in [5, 5.41) is 3.98. The molecule has 2 heterocycles. The zero-order valence-corrected chi connectivity index (χ0v) is 17.0. The molecule has 2 aromatic rings. The number of benzene rings is 2. The van der Waals surface area contributed by atoms with Gasteiger partial charge in [0.1, 0.15) is 5.82 Å². The summed E-state index contributed by atoms with van der Waals surface area (Å²) < 4.78 is 13.2. The molecule has 29 heavy (non-hydrogen) atoms. The van der Waals surface area contributed by atoms with Gasteiger partial charge in [0.2, 0.25) is 5.91 Å². The molecular formula is C22H26ClFN4O. The van der Waals surface area contributed by atoms with Gasteiger partial charge in [0.15, 0.2) is 0 Å². The number of hydrogen-bond donors (Lipinski definition) is 3. The Morgan fingerprint density at radius 2 is 1.79 bits per heavy atom. The predicted octanol–water partition coefficient (Wildman–Crippen LogP) is 3.03. The molecule has 3 N–H and O–H groups in total. The second kappa shape index (κ2) is 9.22. The second-order valence-electron chi connectivity index (χ2n) is 7.85. The van der Waals surface area contributed by atoms with Crippen molar-refractivity contribution < 1.29 is 9.18 Å². The van der Waals surface area contributed by atoms with E-state index in [9.17, 15) is 9.18 Å². The molecule has 2 unspecified atom stereocenters. The molecule has 4 rings (SSSR count). The molecule has 0 aliphatic carbocycles. The number of amides is 1. The van der Waals surface area contributed by atoms with E-state index < -0.39 is 0 Å². The standard InChI is InChI=1S/C22H26ClFN4O/c23-17-5-1-15(2-6-17)14-28-11-9-19(10-12-28)26-22(29)20-13-25-27-21(20)16-3-7-18(24)8-4-16/h1-8,19-21,25,27H,9-14H2,(H,26,29). The molecule has 0 radical (unpaired) electrons. The largest absolute Gasteiger partial charge is 0.353 e. The molecule has 0 spiro atoms. The minimum Gasteiger partial charge on any atom is -0.353 e. The van der Waals surface area contributed by atoms with E-state index in [1.165, 1.54) is 17.7 Å². The number of carbonyl (C=O) groups excluding carboxylic acids is 1. The SMILES string of the molecule is O=C(NC1CCN(Cc2ccc(Cl)cc2)CC1)C1CNNC1c1ccc(F)cc1. The average molecular weight is 417 g/mol. The first kappa shape index (κ1) is 20.3. The Hall–Kier alpha value is -1.99. The molecular weight excluding hydrogens is 391 g/mol. The van der Waals surface area contributed by atoms with Gasteiger partial charge in [0.05, 0.1) is 12.0 Å². The van der Waals surface area contributed by atoms with Crippen molar-refractivity contribution in [3.63, 3.8) is 0 Å². The summed E-state index contributed by atoms with van der Waals surface area (Å²) in [7, 11) is 0. The lowest BCUT2D eigenvalue weighted by Crippen LogP contribution is -2.47. The number of piperidine rings is 1. The van der Waals surface area contributed by atoms with E-state index >= 15 is 0 Å². The molecule has 1 amide bonds. The van der Waals surface area contributed by atoms with Crippen molar-refractivity contribution in [3.05, 3.63) is 70.5 Å². The Morgan fingerprint density at radius 1 is 1.10 bits per heavy atom. The highest BCUT2D eigenvalue weighted by atomic mass is 35.5. The topological polar surface area (TPSA) is 56.4 Å². The number of halogens is 2. The Balaban J connectivity index is 1.28. The predicted molar refractivity (Wildman–Crippen MR) is 112 cm³/mol. The smallest absolute Gasteiger partial charge is 0.226 e. The van der Waals surface area contributed by atoms with Crippen molar-refractivity contribution in [3.8, 4) is 0 Å². The van der Waals surface area contributed by atoms with Crippen LogP contribution in [0.25, 0.3) is 0 Å². The van der Waals surface area contributed by atoms with Gasteiger partial charge in [-0.25, -0.2) is 9.82 Å². The van der Waals surface area contributed by atoms with Crippen molar-refractivity contribution in [1.29, 1.82) is 0 Å². The first-order valence-corrected chi connectivity index (χ1v) is 10.5. The summed E-state index contributed by atoms with van der Waals surface area (Å²) >= 11 is 5.95. The fraction of sp³-hybridized carbons (Fsp3) is 0.409. The third-order valence-electron chi connectivity index (χ3n) is 5.80. The van der Waals surface area contributed by atoms with E-state index in [1.807, 2.05) is 12.1 Å². The number of carbonyl (C=O) groups is 1. The fourth-order valence-corrected chi connectivity index (χ4v) is 4.24. The van der Waals surface area contributed by atoms with Gasteiger partial charge in [-0.2, -0.15) is 0 Å². The van der Waals surface area contributed by atoms with Crippen LogP contribution in [0.1, 0.15) is 30.0 Å².